The highest BCUT2D eigenvalue weighted by Crippen LogP contribution is 2.27. The molecule has 8 nitrogen and oxygen atoms in total. The maximum atomic E-state index is 12.1. The van der Waals surface area contributed by atoms with E-state index in [2.05, 4.69) is 10.6 Å². The van der Waals surface area contributed by atoms with Crippen molar-refractivity contribution in [3.8, 4) is 0 Å². The van der Waals surface area contributed by atoms with Crippen LogP contribution in [0.15, 0.2) is 29.2 Å². The minimum absolute atomic E-state index is 0.0742. The topological polar surface area (TPSA) is 135 Å². The fourth-order valence-corrected chi connectivity index (χ4v) is 3.22. The Morgan fingerprint density at radius 1 is 1.32 bits per heavy atom. The summed E-state index contributed by atoms with van der Waals surface area (Å²) in [5.74, 6) is -1.68. The van der Waals surface area contributed by atoms with Gasteiger partial charge in [0.1, 0.15) is 5.25 Å². The van der Waals surface area contributed by atoms with Crippen LogP contribution in [-0.4, -0.2) is 30.7 Å². The molecule has 2 rings (SSSR count). The van der Waals surface area contributed by atoms with Gasteiger partial charge in [0.15, 0.2) is 0 Å². The first kappa shape index (κ1) is 16.5. The van der Waals surface area contributed by atoms with Gasteiger partial charge >= 0.3 is 0 Å². The Hall–Kier alpha value is -1.91. The lowest BCUT2D eigenvalue weighted by Gasteiger charge is -2.15. The summed E-state index contributed by atoms with van der Waals surface area (Å²) >= 11 is 0.770. The van der Waals surface area contributed by atoms with Gasteiger partial charge in [0, 0.05) is 5.69 Å². The molecule has 1 aromatic rings. The second kappa shape index (κ2) is 6.07. The molecule has 4 N–H and O–H groups in total. The maximum absolute atomic E-state index is 12.1. The van der Waals surface area contributed by atoms with Crippen molar-refractivity contribution in [3.05, 3.63) is 24.3 Å². The van der Waals surface area contributed by atoms with Crippen LogP contribution in [0, 0.1) is 5.92 Å². The van der Waals surface area contributed by atoms with E-state index in [0.29, 0.717) is 5.69 Å². The number of anilines is 1. The van der Waals surface area contributed by atoms with Gasteiger partial charge in [-0.05, 0) is 24.3 Å². The van der Waals surface area contributed by atoms with Gasteiger partial charge < -0.3 is 5.32 Å². The predicted molar refractivity (Wildman–Crippen MR) is 80.5 cm³/mol. The Kier molecular flexibility index (Phi) is 4.54. The lowest BCUT2D eigenvalue weighted by atomic mass is 10.1. The normalized spacial score (nSPS) is 19.6. The molecule has 1 aliphatic rings. The summed E-state index contributed by atoms with van der Waals surface area (Å²) in [6.07, 6.45) is 0. The minimum atomic E-state index is -3.80. The smallest absolute Gasteiger partial charge is 0.286 e. The molecule has 22 heavy (non-hydrogen) atoms. The average molecular weight is 343 g/mol. The molecule has 0 saturated carbocycles. The van der Waals surface area contributed by atoms with Gasteiger partial charge in [-0.25, -0.2) is 13.6 Å². The van der Waals surface area contributed by atoms with Crippen LogP contribution in [0.4, 0.5) is 10.5 Å². The van der Waals surface area contributed by atoms with E-state index < -0.39 is 38.2 Å². The summed E-state index contributed by atoms with van der Waals surface area (Å²) < 4.78 is 22.3. The summed E-state index contributed by atoms with van der Waals surface area (Å²) in [6, 6.07) is 5.29. The van der Waals surface area contributed by atoms with Crippen molar-refractivity contribution >= 4 is 44.5 Å². The van der Waals surface area contributed by atoms with E-state index in [1.165, 1.54) is 31.2 Å². The molecule has 1 saturated heterocycles. The highest BCUT2D eigenvalue weighted by Gasteiger charge is 2.38. The van der Waals surface area contributed by atoms with Crippen molar-refractivity contribution in [2.24, 2.45) is 11.1 Å². The van der Waals surface area contributed by atoms with Crippen LogP contribution in [0.3, 0.4) is 0 Å². The Bertz CT molecular complexity index is 730. The molecule has 1 heterocycles. The van der Waals surface area contributed by atoms with Crippen LogP contribution in [0.25, 0.3) is 0 Å². The molecular weight excluding hydrogens is 330 g/mol. The Balaban J connectivity index is 2.05. The summed E-state index contributed by atoms with van der Waals surface area (Å²) in [5.41, 5.74) is 0.360. The lowest BCUT2D eigenvalue weighted by Crippen LogP contribution is -2.35. The Morgan fingerprint density at radius 3 is 2.36 bits per heavy atom. The van der Waals surface area contributed by atoms with E-state index in [1.54, 1.807) is 0 Å². The summed E-state index contributed by atoms with van der Waals surface area (Å²) in [4.78, 5) is 34.6. The zero-order chi connectivity index (χ0) is 16.5. The Morgan fingerprint density at radius 2 is 1.91 bits per heavy atom. The average Bonchev–Trinajstić information content (AvgIpc) is 2.76. The van der Waals surface area contributed by atoms with Crippen LogP contribution in [0.5, 0.6) is 0 Å². The van der Waals surface area contributed by atoms with E-state index in [4.69, 9.17) is 5.14 Å². The third-order valence-electron chi connectivity index (χ3n) is 3.04. The number of thioether (sulfide) groups is 1. The van der Waals surface area contributed by atoms with Gasteiger partial charge in [-0.15, -0.1) is 0 Å². The number of amides is 3. The fourth-order valence-electron chi connectivity index (χ4n) is 1.82. The first-order chi connectivity index (χ1) is 10.2. The van der Waals surface area contributed by atoms with Crippen LogP contribution >= 0.6 is 11.8 Å². The summed E-state index contributed by atoms with van der Waals surface area (Å²) in [6.45, 7) is 1.53. The molecule has 0 bridgehead atoms. The van der Waals surface area contributed by atoms with Crippen molar-refractivity contribution < 1.29 is 22.8 Å². The second-order valence-corrected chi connectivity index (χ2v) is 7.34. The monoisotopic (exact) mass is 343 g/mol. The van der Waals surface area contributed by atoms with Crippen molar-refractivity contribution in [2.45, 2.75) is 17.1 Å². The van der Waals surface area contributed by atoms with Gasteiger partial charge in [-0.1, -0.05) is 18.7 Å². The van der Waals surface area contributed by atoms with Gasteiger partial charge in [-0.3, -0.25) is 19.7 Å². The molecule has 3 amide bonds. The third kappa shape index (κ3) is 3.64. The fraction of sp³-hybridized carbons (Fsp3) is 0.250. The third-order valence-corrected chi connectivity index (χ3v) is 5.16. The van der Waals surface area contributed by atoms with Gasteiger partial charge in [0.05, 0.1) is 10.8 Å². The van der Waals surface area contributed by atoms with Crippen LogP contribution in [0.1, 0.15) is 6.92 Å². The largest absolute Gasteiger partial charge is 0.326 e. The van der Waals surface area contributed by atoms with E-state index in [9.17, 15) is 22.8 Å². The maximum Gasteiger partial charge on any atom is 0.286 e. The van der Waals surface area contributed by atoms with Crippen molar-refractivity contribution in [1.29, 1.82) is 0 Å². The van der Waals surface area contributed by atoms with Crippen molar-refractivity contribution in [1.82, 2.24) is 5.32 Å². The number of carbonyl (C=O) groups excluding carboxylic acids is 3. The molecule has 0 spiro atoms. The lowest BCUT2D eigenvalue weighted by molar-refractivity contribution is -0.125. The Labute approximate surface area is 130 Å². The number of sulfonamides is 1. The van der Waals surface area contributed by atoms with Crippen molar-refractivity contribution in [2.75, 3.05) is 5.32 Å². The molecule has 0 aliphatic carbocycles. The predicted octanol–water partition coefficient (Wildman–Crippen LogP) is 0.260. The zero-order valence-electron chi connectivity index (χ0n) is 11.4. The van der Waals surface area contributed by atoms with E-state index in [-0.39, 0.29) is 4.90 Å². The number of nitrogens with one attached hydrogen (secondary N) is 2. The van der Waals surface area contributed by atoms with Crippen molar-refractivity contribution in [3.63, 3.8) is 0 Å². The van der Waals surface area contributed by atoms with E-state index in [1.807, 2.05) is 0 Å². The molecule has 10 heteroatoms. The molecular formula is C12H13N3O5S2. The number of rotatable bonds is 4. The number of hydrogen-bond acceptors (Lipinski definition) is 6. The number of nitrogens with two attached hydrogens (primary N) is 1. The summed E-state index contributed by atoms with van der Waals surface area (Å²) in [5, 5.41) is 8.38. The van der Waals surface area contributed by atoms with Crippen LogP contribution in [-0.2, 0) is 19.6 Å². The first-order valence-corrected chi connectivity index (χ1v) is 8.56. The highest BCUT2D eigenvalue weighted by molar-refractivity contribution is 8.15. The van der Waals surface area contributed by atoms with E-state index >= 15 is 0 Å². The highest BCUT2D eigenvalue weighted by atomic mass is 32.2. The first-order valence-electron chi connectivity index (χ1n) is 6.13. The molecule has 2 atom stereocenters. The van der Waals surface area contributed by atoms with Gasteiger partial charge in [-0.2, -0.15) is 0 Å². The number of benzene rings is 1. The standard InChI is InChI=1S/C12H13N3O5S2/c1-6(9-11(17)15-12(18)21-9)10(16)14-7-2-4-8(5-3-7)22(13,19)20/h2-6,9H,1H3,(H,14,16)(H2,13,19,20)(H,15,17,18)/t6-,9+/m1/s1. The minimum Gasteiger partial charge on any atom is -0.326 e. The second-order valence-electron chi connectivity index (χ2n) is 4.66. The van der Waals surface area contributed by atoms with Crippen LogP contribution < -0.4 is 15.8 Å². The quantitative estimate of drug-likeness (QED) is 0.717. The molecule has 1 aliphatic heterocycles. The van der Waals surface area contributed by atoms with Gasteiger partial charge in [0.25, 0.3) is 5.24 Å². The molecule has 1 aromatic carbocycles. The van der Waals surface area contributed by atoms with E-state index in [0.717, 1.165) is 11.8 Å². The SMILES string of the molecule is C[C@@H](C(=O)Nc1ccc(S(N)(=O)=O)cc1)[C@@H]1SC(=O)NC1=O. The molecule has 118 valence electrons. The molecule has 0 radical (unpaired) electrons. The number of primary sulfonamides is 1. The zero-order valence-corrected chi connectivity index (χ0v) is 13.0. The number of imide groups is 1. The number of hydrogen-bond donors (Lipinski definition) is 3. The molecule has 0 unspecified atom stereocenters. The molecule has 1 fully saturated rings. The van der Waals surface area contributed by atoms with Gasteiger partial charge in [0.2, 0.25) is 21.8 Å². The number of carbonyl (C=O) groups is 3. The van der Waals surface area contributed by atoms with Crippen LogP contribution in [0.2, 0.25) is 0 Å². The molecule has 0 aromatic heterocycles. The summed E-state index contributed by atoms with van der Waals surface area (Å²) in [7, 11) is -3.80.